The van der Waals surface area contributed by atoms with Crippen LogP contribution in [0.4, 0.5) is 0 Å². The number of thioether (sulfide) groups is 1. The number of hydrogen-bond donors (Lipinski definition) is 0. The first-order valence-electron chi connectivity index (χ1n) is 10.1. The van der Waals surface area contributed by atoms with Crippen molar-refractivity contribution in [3.63, 3.8) is 0 Å². The van der Waals surface area contributed by atoms with Crippen molar-refractivity contribution >= 4 is 35.2 Å². The topological polar surface area (TPSA) is 49.9 Å². The number of halogens is 1. The first-order chi connectivity index (χ1) is 14.5. The molecule has 2 aliphatic heterocycles. The zero-order chi connectivity index (χ0) is 21.1. The van der Waals surface area contributed by atoms with Gasteiger partial charge in [-0.15, -0.1) is 11.8 Å². The van der Waals surface area contributed by atoms with Gasteiger partial charge in [-0.05, 0) is 41.6 Å². The molecule has 5 nitrogen and oxygen atoms in total. The molecule has 0 saturated carbocycles. The fourth-order valence-electron chi connectivity index (χ4n) is 4.08. The van der Waals surface area contributed by atoms with E-state index < -0.39 is 12.0 Å². The second-order valence-corrected chi connectivity index (χ2v) is 9.04. The Morgan fingerprint density at radius 3 is 2.37 bits per heavy atom. The van der Waals surface area contributed by atoms with E-state index in [1.54, 1.807) is 23.9 Å². The lowest BCUT2D eigenvalue weighted by Gasteiger charge is -2.36. The fraction of sp³-hybridized carbons (Fsp3) is 0.391. The number of esters is 1. The summed E-state index contributed by atoms with van der Waals surface area (Å²) in [5, 5.41) is 0.616. The van der Waals surface area contributed by atoms with Gasteiger partial charge in [0.2, 0.25) is 5.91 Å². The molecule has 0 N–H and O–H groups in total. The predicted octanol–water partition coefficient (Wildman–Crippen LogP) is 4.01. The third kappa shape index (κ3) is 4.82. The molecule has 0 aliphatic carbocycles. The highest BCUT2D eigenvalue weighted by Gasteiger charge is 2.43. The Balaban J connectivity index is 1.35. The van der Waals surface area contributed by atoms with Crippen LogP contribution in [-0.2, 0) is 20.9 Å². The summed E-state index contributed by atoms with van der Waals surface area (Å²) in [6, 6.07) is 15.8. The van der Waals surface area contributed by atoms with Crippen molar-refractivity contribution in [3.8, 4) is 0 Å². The first kappa shape index (κ1) is 21.2. The SMILES string of the molecule is CSc1ccc(CN2CCN(C(=O)[C@@H]3CC(=O)O[C@H]3c3ccc(Cl)cc3)CC2)cc1. The van der Waals surface area contributed by atoms with E-state index in [0.717, 1.165) is 25.2 Å². The quantitative estimate of drug-likeness (QED) is 0.515. The molecule has 2 aliphatic rings. The summed E-state index contributed by atoms with van der Waals surface area (Å²) in [4.78, 5) is 30.6. The number of benzene rings is 2. The van der Waals surface area contributed by atoms with Crippen molar-refractivity contribution in [3.05, 3.63) is 64.7 Å². The van der Waals surface area contributed by atoms with Crippen molar-refractivity contribution in [1.29, 1.82) is 0 Å². The van der Waals surface area contributed by atoms with E-state index in [1.165, 1.54) is 10.5 Å². The van der Waals surface area contributed by atoms with Crippen LogP contribution in [-0.4, -0.2) is 54.1 Å². The van der Waals surface area contributed by atoms with Gasteiger partial charge in [0.05, 0.1) is 12.3 Å². The highest BCUT2D eigenvalue weighted by atomic mass is 35.5. The van der Waals surface area contributed by atoms with Gasteiger partial charge in [0, 0.05) is 42.6 Å². The minimum Gasteiger partial charge on any atom is -0.457 e. The van der Waals surface area contributed by atoms with Crippen LogP contribution in [0.25, 0.3) is 0 Å². The second kappa shape index (κ2) is 9.41. The molecular formula is C23H25ClN2O3S. The van der Waals surface area contributed by atoms with Crippen LogP contribution in [0.15, 0.2) is 53.4 Å². The Morgan fingerprint density at radius 1 is 1.07 bits per heavy atom. The van der Waals surface area contributed by atoms with Crippen molar-refractivity contribution in [2.75, 3.05) is 32.4 Å². The molecule has 2 fully saturated rings. The lowest BCUT2D eigenvalue weighted by Crippen LogP contribution is -2.50. The zero-order valence-corrected chi connectivity index (χ0v) is 18.5. The van der Waals surface area contributed by atoms with Crippen LogP contribution in [0.1, 0.15) is 23.7 Å². The third-order valence-corrected chi connectivity index (χ3v) is 6.77. The number of rotatable bonds is 5. The monoisotopic (exact) mass is 444 g/mol. The molecule has 2 atom stereocenters. The number of hydrogen-bond acceptors (Lipinski definition) is 5. The molecule has 4 rings (SSSR count). The van der Waals surface area contributed by atoms with Gasteiger partial charge in [-0.1, -0.05) is 35.9 Å². The van der Waals surface area contributed by atoms with Crippen molar-refractivity contribution < 1.29 is 14.3 Å². The molecule has 2 saturated heterocycles. The average Bonchev–Trinajstić information content (AvgIpc) is 3.16. The second-order valence-electron chi connectivity index (χ2n) is 7.72. The lowest BCUT2D eigenvalue weighted by molar-refractivity contribution is -0.142. The van der Waals surface area contributed by atoms with Gasteiger partial charge in [-0.3, -0.25) is 14.5 Å². The largest absolute Gasteiger partial charge is 0.457 e. The highest BCUT2D eigenvalue weighted by molar-refractivity contribution is 7.98. The number of cyclic esters (lactones) is 1. The molecule has 1 amide bonds. The van der Waals surface area contributed by atoms with Gasteiger partial charge in [0.25, 0.3) is 0 Å². The van der Waals surface area contributed by atoms with Crippen LogP contribution in [0.3, 0.4) is 0 Å². The minimum atomic E-state index is -0.532. The molecular weight excluding hydrogens is 420 g/mol. The van der Waals surface area contributed by atoms with E-state index in [9.17, 15) is 9.59 Å². The lowest BCUT2D eigenvalue weighted by atomic mass is 9.93. The molecule has 2 heterocycles. The number of nitrogens with zero attached hydrogens (tertiary/aromatic N) is 2. The van der Waals surface area contributed by atoms with Crippen LogP contribution < -0.4 is 0 Å². The van der Waals surface area contributed by atoms with Crippen molar-refractivity contribution in [1.82, 2.24) is 9.80 Å². The number of carbonyl (C=O) groups is 2. The standard InChI is InChI=1S/C23H25ClN2O3S/c1-30-19-8-2-16(3-9-19)15-25-10-12-26(13-11-25)23(28)20-14-21(27)29-22(20)17-4-6-18(24)7-5-17/h2-9,20,22H,10-15H2,1H3/t20-,22+/m1/s1. The van der Waals surface area contributed by atoms with E-state index in [1.807, 2.05) is 17.0 Å². The minimum absolute atomic E-state index is 0.00442. The molecule has 0 radical (unpaired) electrons. The van der Waals surface area contributed by atoms with Crippen molar-refractivity contribution in [2.45, 2.75) is 24.0 Å². The van der Waals surface area contributed by atoms with E-state index in [2.05, 4.69) is 35.4 Å². The molecule has 0 aromatic heterocycles. The van der Waals surface area contributed by atoms with E-state index >= 15 is 0 Å². The normalized spacial score (nSPS) is 22.2. The summed E-state index contributed by atoms with van der Waals surface area (Å²) in [5.41, 5.74) is 2.10. The van der Waals surface area contributed by atoms with E-state index in [4.69, 9.17) is 16.3 Å². The summed E-state index contributed by atoms with van der Waals surface area (Å²) < 4.78 is 5.49. The maximum atomic E-state index is 13.2. The molecule has 158 valence electrons. The maximum Gasteiger partial charge on any atom is 0.307 e. The fourth-order valence-corrected chi connectivity index (χ4v) is 4.61. The van der Waals surface area contributed by atoms with Crippen LogP contribution in [0.2, 0.25) is 5.02 Å². The summed E-state index contributed by atoms with van der Waals surface area (Å²) in [5.74, 6) is -0.783. The Morgan fingerprint density at radius 2 is 1.73 bits per heavy atom. The smallest absolute Gasteiger partial charge is 0.307 e. The van der Waals surface area contributed by atoms with Crippen LogP contribution in [0.5, 0.6) is 0 Å². The maximum absolute atomic E-state index is 13.2. The van der Waals surface area contributed by atoms with E-state index in [-0.39, 0.29) is 18.3 Å². The number of amides is 1. The van der Waals surface area contributed by atoms with Crippen LogP contribution >= 0.6 is 23.4 Å². The molecule has 2 aromatic rings. The summed E-state index contributed by atoms with van der Waals surface area (Å²) >= 11 is 7.71. The summed E-state index contributed by atoms with van der Waals surface area (Å²) in [7, 11) is 0. The predicted molar refractivity (Wildman–Crippen MR) is 118 cm³/mol. The molecule has 30 heavy (non-hydrogen) atoms. The van der Waals surface area contributed by atoms with Crippen molar-refractivity contribution in [2.24, 2.45) is 5.92 Å². The summed E-state index contributed by atoms with van der Waals surface area (Å²) in [6.45, 7) is 3.86. The average molecular weight is 445 g/mol. The molecule has 0 spiro atoms. The van der Waals surface area contributed by atoms with Gasteiger partial charge >= 0.3 is 5.97 Å². The molecule has 0 unspecified atom stereocenters. The Hall–Kier alpha value is -2.02. The van der Waals surface area contributed by atoms with Gasteiger partial charge in [0.1, 0.15) is 6.10 Å². The van der Waals surface area contributed by atoms with Gasteiger partial charge in [0.15, 0.2) is 0 Å². The van der Waals surface area contributed by atoms with Gasteiger partial charge < -0.3 is 9.64 Å². The van der Waals surface area contributed by atoms with Gasteiger partial charge in [-0.25, -0.2) is 0 Å². The Bertz CT molecular complexity index is 896. The van der Waals surface area contributed by atoms with Crippen LogP contribution in [0, 0.1) is 5.92 Å². The zero-order valence-electron chi connectivity index (χ0n) is 16.9. The Labute approximate surface area is 186 Å². The number of carbonyl (C=O) groups excluding carboxylic acids is 2. The first-order valence-corrected chi connectivity index (χ1v) is 11.7. The molecule has 2 aromatic carbocycles. The summed E-state index contributed by atoms with van der Waals surface area (Å²) in [6.07, 6.45) is 1.68. The van der Waals surface area contributed by atoms with E-state index in [0.29, 0.717) is 18.1 Å². The Kier molecular flexibility index (Phi) is 6.66. The number of ether oxygens (including phenoxy) is 1. The molecule has 0 bridgehead atoms. The third-order valence-electron chi connectivity index (χ3n) is 5.78. The number of piperazine rings is 1. The van der Waals surface area contributed by atoms with Gasteiger partial charge in [-0.2, -0.15) is 0 Å². The highest BCUT2D eigenvalue weighted by Crippen LogP contribution is 2.37. The molecule has 7 heteroatoms.